The Morgan fingerprint density at radius 2 is 2.22 bits per heavy atom. The van der Waals surface area contributed by atoms with E-state index in [1.807, 2.05) is 0 Å². The Kier molecular flexibility index (Phi) is 4.28. The first kappa shape index (κ1) is 14.4. The summed E-state index contributed by atoms with van der Waals surface area (Å²) in [5.74, 6) is -0.336. The quantitative estimate of drug-likeness (QED) is 0.522. The van der Waals surface area contributed by atoms with Crippen LogP contribution < -0.4 is 5.32 Å². The largest absolute Gasteiger partial charge is 0.391 e. The molecule has 1 atom stereocenters. The molecule has 0 radical (unpaired) electrons. The van der Waals surface area contributed by atoms with E-state index in [0.29, 0.717) is 0 Å². The Morgan fingerprint density at radius 3 is 2.72 bits per heavy atom. The van der Waals surface area contributed by atoms with Gasteiger partial charge in [-0.1, -0.05) is 0 Å². The van der Waals surface area contributed by atoms with E-state index in [1.54, 1.807) is 0 Å². The lowest BCUT2D eigenvalue weighted by atomic mass is 10.2. The first-order valence-corrected chi connectivity index (χ1v) is 5.07. The van der Waals surface area contributed by atoms with E-state index in [0.717, 1.165) is 6.20 Å². The second-order valence-electron chi connectivity index (χ2n) is 3.49. The van der Waals surface area contributed by atoms with Crippen LogP contribution in [-0.2, 0) is 0 Å². The highest BCUT2D eigenvalue weighted by Gasteiger charge is 2.31. The maximum Gasteiger partial charge on any atom is 0.391 e. The molecule has 0 fully saturated rings. The number of anilines is 1. The van der Waals surface area contributed by atoms with Crippen molar-refractivity contribution in [1.82, 2.24) is 9.97 Å². The molecule has 1 unspecified atom stereocenters. The fraction of sp³-hybridized carbons (Fsp3) is 0.500. The molecule has 1 rings (SSSR count). The van der Waals surface area contributed by atoms with Gasteiger partial charge in [-0.2, -0.15) is 18.2 Å². The normalized spacial score (nSPS) is 13.2. The van der Waals surface area contributed by atoms with E-state index in [1.165, 1.54) is 6.92 Å². The van der Waals surface area contributed by atoms with Crippen LogP contribution in [0, 0.1) is 10.1 Å². The summed E-state index contributed by atoms with van der Waals surface area (Å²) in [6.07, 6.45) is -4.69. The van der Waals surface area contributed by atoms with Gasteiger partial charge >= 0.3 is 11.9 Å². The van der Waals surface area contributed by atoms with Gasteiger partial charge in [-0.25, -0.2) is 4.98 Å². The maximum absolute atomic E-state index is 12.1. The van der Waals surface area contributed by atoms with Gasteiger partial charge in [-0.3, -0.25) is 10.1 Å². The van der Waals surface area contributed by atoms with Gasteiger partial charge in [0.25, 0.3) is 0 Å². The predicted octanol–water partition coefficient (Wildman–Crippen LogP) is 2.79. The number of aromatic nitrogens is 2. The average molecular weight is 285 g/mol. The van der Waals surface area contributed by atoms with Crippen LogP contribution in [0.3, 0.4) is 0 Å². The standard InChI is InChI=1S/C8H8ClF3N4O2/c1-4(2-8(10,11)12)14-6-5(16(17)18)3-13-7(9)15-6/h3-4H,2H2,1H3,(H,13,14,15). The summed E-state index contributed by atoms with van der Waals surface area (Å²) >= 11 is 5.43. The van der Waals surface area contributed by atoms with Gasteiger partial charge in [-0.05, 0) is 18.5 Å². The predicted molar refractivity (Wildman–Crippen MR) is 57.5 cm³/mol. The fourth-order valence-corrected chi connectivity index (χ4v) is 1.36. The first-order valence-electron chi connectivity index (χ1n) is 4.69. The van der Waals surface area contributed by atoms with Gasteiger partial charge in [0.2, 0.25) is 11.1 Å². The molecule has 1 aromatic rings. The highest BCUT2D eigenvalue weighted by molar-refractivity contribution is 6.28. The van der Waals surface area contributed by atoms with Crippen molar-refractivity contribution in [3.05, 3.63) is 21.6 Å². The van der Waals surface area contributed by atoms with Crippen LogP contribution in [0.15, 0.2) is 6.20 Å². The number of hydrogen-bond donors (Lipinski definition) is 1. The number of hydrogen-bond acceptors (Lipinski definition) is 5. The fourth-order valence-electron chi connectivity index (χ4n) is 1.23. The molecule has 18 heavy (non-hydrogen) atoms. The van der Waals surface area contributed by atoms with Gasteiger partial charge < -0.3 is 5.32 Å². The maximum atomic E-state index is 12.1. The molecular weight excluding hydrogens is 277 g/mol. The van der Waals surface area contributed by atoms with Crippen molar-refractivity contribution in [1.29, 1.82) is 0 Å². The monoisotopic (exact) mass is 284 g/mol. The molecule has 1 N–H and O–H groups in total. The summed E-state index contributed by atoms with van der Waals surface area (Å²) in [6.45, 7) is 1.23. The van der Waals surface area contributed by atoms with E-state index < -0.39 is 29.2 Å². The van der Waals surface area contributed by atoms with Crippen LogP contribution in [-0.4, -0.2) is 27.1 Å². The highest BCUT2D eigenvalue weighted by atomic mass is 35.5. The number of alkyl halides is 3. The van der Waals surface area contributed by atoms with E-state index in [-0.39, 0.29) is 11.1 Å². The van der Waals surface area contributed by atoms with E-state index in [4.69, 9.17) is 11.6 Å². The lowest BCUT2D eigenvalue weighted by Gasteiger charge is -2.16. The minimum atomic E-state index is -4.38. The second-order valence-corrected chi connectivity index (χ2v) is 3.83. The third-order valence-corrected chi connectivity index (χ3v) is 2.04. The number of halogens is 4. The zero-order chi connectivity index (χ0) is 13.9. The van der Waals surface area contributed by atoms with Crippen molar-refractivity contribution in [3.8, 4) is 0 Å². The lowest BCUT2D eigenvalue weighted by molar-refractivity contribution is -0.384. The third-order valence-electron chi connectivity index (χ3n) is 1.86. The van der Waals surface area contributed by atoms with Crippen LogP contribution in [0.5, 0.6) is 0 Å². The number of rotatable bonds is 4. The van der Waals surface area contributed by atoms with Crippen LogP contribution in [0.4, 0.5) is 24.7 Å². The Bertz CT molecular complexity index is 454. The van der Waals surface area contributed by atoms with Gasteiger partial charge in [0.15, 0.2) is 0 Å². The van der Waals surface area contributed by atoms with E-state index >= 15 is 0 Å². The highest BCUT2D eigenvalue weighted by Crippen LogP contribution is 2.26. The molecule has 1 heterocycles. The molecule has 0 bridgehead atoms. The summed E-state index contributed by atoms with van der Waals surface area (Å²) in [5.41, 5.74) is -0.534. The van der Waals surface area contributed by atoms with Crippen LogP contribution in [0.1, 0.15) is 13.3 Å². The number of nitrogens with zero attached hydrogens (tertiary/aromatic N) is 3. The molecule has 10 heteroatoms. The molecule has 1 aromatic heterocycles. The molecule has 0 saturated carbocycles. The average Bonchev–Trinajstić information content (AvgIpc) is 2.13. The smallest absolute Gasteiger partial charge is 0.361 e. The van der Waals surface area contributed by atoms with E-state index in [2.05, 4.69) is 15.3 Å². The minimum Gasteiger partial charge on any atom is -0.361 e. The van der Waals surface area contributed by atoms with Crippen molar-refractivity contribution in [2.24, 2.45) is 0 Å². The molecule has 100 valence electrons. The summed E-state index contributed by atoms with van der Waals surface area (Å²) in [7, 11) is 0. The van der Waals surface area contributed by atoms with Gasteiger partial charge in [0.1, 0.15) is 6.20 Å². The van der Waals surface area contributed by atoms with Crippen molar-refractivity contribution < 1.29 is 18.1 Å². The third kappa shape index (κ3) is 4.32. The summed E-state index contributed by atoms with van der Waals surface area (Å²) in [5, 5.41) is 12.6. The molecule has 0 aliphatic carbocycles. The zero-order valence-corrected chi connectivity index (χ0v) is 9.79. The first-order chi connectivity index (χ1) is 8.19. The molecule has 0 saturated heterocycles. The molecule has 0 aliphatic rings. The van der Waals surface area contributed by atoms with Crippen molar-refractivity contribution in [3.63, 3.8) is 0 Å². The van der Waals surface area contributed by atoms with Crippen molar-refractivity contribution in [2.45, 2.75) is 25.6 Å². The molecule has 6 nitrogen and oxygen atoms in total. The Morgan fingerprint density at radius 1 is 1.61 bits per heavy atom. The van der Waals surface area contributed by atoms with Crippen LogP contribution in [0.25, 0.3) is 0 Å². The number of nitrogens with one attached hydrogen (secondary N) is 1. The van der Waals surface area contributed by atoms with Crippen LogP contribution >= 0.6 is 11.6 Å². The molecule has 0 aliphatic heterocycles. The second kappa shape index (κ2) is 5.34. The van der Waals surface area contributed by atoms with Crippen molar-refractivity contribution in [2.75, 3.05) is 5.32 Å². The van der Waals surface area contributed by atoms with Gasteiger partial charge in [-0.15, -0.1) is 0 Å². The minimum absolute atomic E-state index is 0.290. The SMILES string of the molecule is CC(CC(F)(F)F)Nc1nc(Cl)ncc1[N+](=O)[O-]. The van der Waals surface area contributed by atoms with Gasteiger partial charge in [0, 0.05) is 6.04 Å². The Balaban J connectivity index is 2.89. The summed E-state index contributed by atoms with van der Waals surface area (Å²) in [6, 6.07) is -1.07. The number of nitro groups is 1. The van der Waals surface area contributed by atoms with Crippen molar-refractivity contribution >= 4 is 23.1 Å². The summed E-state index contributed by atoms with van der Waals surface area (Å²) < 4.78 is 36.3. The topological polar surface area (TPSA) is 81.0 Å². The van der Waals surface area contributed by atoms with Crippen LogP contribution in [0.2, 0.25) is 5.28 Å². The summed E-state index contributed by atoms with van der Waals surface area (Å²) in [4.78, 5) is 16.7. The molecule has 0 aromatic carbocycles. The lowest BCUT2D eigenvalue weighted by Crippen LogP contribution is -2.24. The molecule has 0 amide bonds. The molecular formula is C8H8ClF3N4O2. The van der Waals surface area contributed by atoms with E-state index in [9.17, 15) is 23.3 Å². The van der Waals surface area contributed by atoms with Gasteiger partial charge in [0.05, 0.1) is 11.3 Å². The Labute approximate surface area is 104 Å². The molecule has 0 spiro atoms. The Hall–Kier alpha value is -1.64. The zero-order valence-electron chi connectivity index (χ0n) is 9.03.